The first-order valence-corrected chi connectivity index (χ1v) is 7.30. The third-order valence-corrected chi connectivity index (χ3v) is 2.97. The Kier molecular flexibility index (Phi) is 6.02. The molecule has 2 aromatic rings. The predicted molar refractivity (Wildman–Crippen MR) is 81.2 cm³/mol. The molecule has 0 amide bonds. The summed E-state index contributed by atoms with van der Waals surface area (Å²) in [5, 5.41) is 10.7. The van der Waals surface area contributed by atoms with Crippen molar-refractivity contribution in [1.82, 2.24) is 10.2 Å². The Morgan fingerprint density at radius 1 is 1.29 bits per heavy atom. The molecule has 0 aliphatic rings. The van der Waals surface area contributed by atoms with E-state index < -0.39 is 0 Å². The minimum Gasteiger partial charge on any atom is -0.493 e. The van der Waals surface area contributed by atoms with Gasteiger partial charge in [0, 0.05) is 6.54 Å². The van der Waals surface area contributed by atoms with Gasteiger partial charge in [0.2, 0.25) is 5.89 Å². The Morgan fingerprint density at radius 2 is 2.14 bits per heavy atom. The zero-order valence-electron chi connectivity index (χ0n) is 12.3. The Bertz CT molecular complexity index is 542. The zero-order valence-corrected chi connectivity index (χ0v) is 12.3. The first-order chi connectivity index (χ1) is 10.3. The molecule has 0 saturated heterocycles. The van der Waals surface area contributed by atoms with E-state index in [-0.39, 0.29) is 6.54 Å². The molecule has 0 aliphatic heterocycles. The molecule has 0 bridgehead atoms. The van der Waals surface area contributed by atoms with Crippen molar-refractivity contribution in [1.29, 1.82) is 0 Å². The molecule has 3 N–H and O–H groups in total. The maximum absolute atomic E-state index is 5.74. The van der Waals surface area contributed by atoms with Crippen molar-refractivity contribution < 1.29 is 9.15 Å². The first-order valence-electron chi connectivity index (χ1n) is 7.30. The number of para-hydroxylation sites is 1. The fourth-order valence-corrected chi connectivity index (χ4v) is 1.94. The van der Waals surface area contributed by atoms with Crippen LogP contribution >= 0.6 is 0 Å². The van der Waals surface area contributed by atoms with Crippen LogP contribution in [0.4, 0.5) is 6.01 Å². The standard InChI is InChI=1S/C15H22N4O2/c1-2-10-20-13-8-4-3-6-12(13)7-5-9-17-15-19-18-14(11-16)21-15/h3-4,6,8H,2,5,7,9-11,16H2,1H3,(H,17,19). The zero-order chi connectivity index (χ0) is 14.9. The third kappa shape index (κ3) is 4.75. The maximum Gasteiger partial charge on any atom is 0.315 e. The van der Waals surface area contributed by atoms with Gasteiger partial charge >= 0.3 is 6.01 Å². The summed E-state index contributed by atoms with van der Waals surface area (Å²) in [6.07, 6.45) is 2.90. The molecule has 0 spiro atoms. The molecule has 0 unspecified atom stereocenters. The van der Waals surface area contributed by atoms with Crippen LogP contribution in [0.5, 0.6) is 5.75 Å². The molecule has 0 radical (unpaired) electrons. The SMILES string of the molecule is CCCOc1ccccc1CCCNc1nnc(CN)o1. The van der Waals surface area contributed by atoms with Gasteiger partial charge in [-0.2, -0.15) is 0 Å². The van der Waals surface area contributed by atoms with Crippen LogP contribution in [0, 0.1) is 0 Å². The maximum atomic E-state index is 5.74. The number of benzene rings is 1. The molecule has 1 aromatic carbocycles. The van der Waals surface area contributed by atoms with Crippen molar-refractivity contribution in [3.05, 3.63) is 35.7 Å². The fourth-order valence-electron chi connectivity index (χ4n) is 1.94. The number of anilines is 1. The number of nitrogens with one attached hydrogen (secondary N) is 1. The Hall–Kier alpha value is -2.08. The molecule has 2 rings (SSSR count). The Morgan fingerprint density at radius 3 is 2.90 bits per heavy atom. The number of rotatable bonds is 9. The molecule has 21 heavy (non-hydrogen) atoms. The van der Waals surface area contributed by atoms with Crippen LogP contribution in [0.3, 0.4) is 0 Å². The minimum atomic E-state index is 0.261. The van der Waals surface area contributed by atoms with Crippen molar-refractivity contribution in [3.63, 3.8) is 0 Å². The van der Waals surface area contributed by atoms with E-state index in [1.165, 1.54) is 5.56 Å². The summed E-state index contributed by atoms with van der Waals surface area (Å²) in [4.78, 5) is 0. The van der Waals surface area contributed by atoms with Gasteiger partial charge < -0.3 is 20.2 Å². The minimum absolute atomic E-state index is 0.261. The van der Waals surface area contributed by atoms with Gasteiger partial charge in [-0.05, 0) is 30.9 Å². The van der Waals surface area contributed by atoms with Crippen LogP contribution in [-0.2, 0) is 13.0 Å². The smallest absolute Gasteiger partial charge is 0.315 e. The van der Waals surface area contributed by atoms with Crippen molar-refractivity contribution in [3.8, 4) is 5.75 Å². The van der Waals surface area contributed by atoms with Gasteiger partial charge in [0.25, 0.3) is 0 Å². The summed E-state index contributed by atoms with van der Waals surface area (Å²) in [5.41, 5.74) is 6.64. The normalized spacial score (nSPS) is 10.6. The van der Waals surface area contributed by atoms with E-state index in [1.54, 1.807) is 0 Å². The number of aromatic nitrogens is 2. The lowest BCUT2D eigenvalue weighted by Gasteiger charge is -2.10. The quantitative estimate of drug-likeness (QED) is 0.689. The van der Waals surface area contributed by atoms with Gasteiger partial charge in [-0.1, -0.05) is 30.2 Å². The predicted octanol–water partition coefficient (Wildman–Crippen LogP) is 2.36. The monoisotopic (exact) mass is 290 g/mol. The second-order valence-electron chi connectivity index (χ2n) is 4.69. The lowest BCUT2D eigenvalue weighted by Crippen LogP contribution is -2.04. The van der Waals surface area contributed by atoms with Crippen molar-refractivity contribution in [2.45, 2.75) is 32.7 Å². The van der Waals surface area contributed by atoms with E-state index in [1.807, 2.05) is 18.2 Å². The molecule has 0 atom stereocenters. The Labute approximate surface area is 124 Å². The average Bonchev–Trinajstić information content (AvgIpc) is 2.98. The lowest BCUT2D eigenvalue weighted by atomic mass is 10.1. The summed E-state index contributed by atoms with van der Waals surface area (Å²) in [5.74, 6) is 1.42. The van der Waals surface area contributed by atoms with Gasteiger partial charge in [0.05, 0.1) is 13.2 Å². The van der Waals surface area contributed by atoms with E-state index in [9.17, 15) is 0 Å². The van der Waals surface area contributed by atoms with E-state index >= 15 is 0 Å². The van der Waals surface area contributed by atoms with Gasteiger partial charge in [-0.15, -0.1) is 5.10 Å². The van der Waals surface area contributed by atoms with E-state index in [2.05, 4.69) is 28.5 Å². The number of hydrogen-bond donors (Lipinski definition) is 2. The summed E-state index contributed by atoms with van der Waals surface area (Å²) in [6.45, 7) is 3.87. The van der Waals surface area contributed by atoms with E-state index in [0.29, 0.717) is 11.9 Å². The van der Waals surface area contributed by atoms with Crippen LogP contribution < -0.4 is 15.8 Å². The van der Waals surface area contributed by atoms with Crippen LogP contribution in [-0.4, -0.2) is 23.3 Å². The topological polar surface area (TPSA) is 86.2 Å². The molecule has 0 saturated carbocycles. The van der Waals surface area contributed by atoms with Crippen LogP contribution in [0.1, 0.15) is 31.2 Å². The average molecular weight is 290 g/mol. The second kappa shape index (κ2) is 8.26. The van der Waals surface area contributed by atoms with Crippen LogP contribution in [0.15, 0.2) is 28.7 Å². The second-order valence-corrected chi connectivity index (χ2v) is 4.69. The summed E-state index contributed by atoms with van der Waals surface area (Å²) < 4.78 is 11.0. The molecule has 6 heteroatoms. The highest BCUT2D eigenvalue weighted by molar-refractivity contribution is 5.33. The Balaban J connectivity index is 1.77. The van der Waals surface area contributed by atoms with Crippen molar-refractivity contribution >= 4 is 6.01 Å². The fraction of sp³-hybridized carbons (Fsp3) is 0.467. The highest BCUT2D eigenvalue weighted by Crippen LogP contribution is 2.19. The highest BCUT2D eigenvalue weighted by Gasteiger charge is 2.05. The molecular weight excluding hydrogens is 268 g/mol. The lowest BCUT2D eigenvalue weighted by molar-refractivity contribution is 0.314. The molecule has 1 heterocycles. The first kappa shape index (κ1) is 15.3. The summed E-state index contributed by atoms with van der Waals surface area (Å²) >= 11 is 0. The van der Waals surface area contributed by atoms with Gasteiger partial charge in [0.1, 0.15) is 5.75 Å². The summed E-state index contributed by atoms with van der Waals surface area (Å²) in [7, 11) is 0. The van der Waals surface area contributed by atoms with Crippen molar-refractivity contribution in [2.24, 2.45) is 5.73 Å². The molecule has 0 aliphatic carbocycles. The van der Waals surface area contributed by atoms with Crippen LogP contribution in [0.25, 0.3) is 0 Å². The number of aryl methyl sites for hydroxylation is 1. The van der Waals surface area contributed by atoms with Gasteiger partial charge in [0.15, 0.2) is 0 Å². The van der Waals surface area contributed by atoms with Crippen molar-refractivity contribution in [2.75, 3.05) is 18.5 Å². The van der Waals surface area contributed by atoms with Crippen LogP contribution in [0.2, 0.25) is 0 Å². The van der Waals surface area contributed by atoms with Gasteiger partial charge in [-0.25, -0.2) is 0 Å². The molecule has 1 aromatic heterocycles. The summed E-state index contributed by atoms with van der Waals surface area (Å²) in [6, 6.07) is 8.58. The van der Waals surface area contributed by atoms with E-state index in [0.717, 1.165) is 38.2 Å². The number of nitrogens with two attached hydrogens (primary N) is 1. The third-order valence-electron chi connectivity index (χ3n) is 2.97. The largest absolute Gasteiger partial charge is 0.493 e. The molecular formula is C15H22N4O2. The number of ether oxygens (including phenoxy) is 1. The van der Waals surface area contributed by atoms with Gasteiger partial charge in [-0.3, -0.25) is 0 Å². The number of hydrogen-bond acceptors (Lipinski definition) is 6. The highest BCUT2D eigenvalue weighted by atomic mass is 16.5. The van der Waals surface area contributed by atoms with E-state index in [4.69, 9.17) is 14.9 Å². The molecule has 6 nitrogen and oxygen atoms in total. The number of nitrogens with zero attached hydrogens (tertiary/aromatic N) is 2. The molecule has 114 valence electrons. The molecule has 0 fully saturated rings.